The fraction of sp³-hybridized carbons (Fsp3) is 0.538. The molecule has 6 nitrogen and oxygen atoms in total. The third kappa shape index (κ3) is 4.76. The summed E-state index contributed by atoms with van der Waals surface area (Å²) >= 11 is 3.13. The molecule has 0 aliphatic heterocycles. The van der Waals surface area contributed by atoms with Crippen molar-refractivity contribution < 1.29 is 13.3 Å². The van der Waals surface area contributed by atoms with Crippen molar-refractivity contribution in [1.82, 2.24) is 4.72 Å². The summed E-state index contributed by atoms with van der Waals surface area (Å²) in [5.74, 6) is 0.0819. The fourth-order valence-electron chi connectivity index (χ4n) is 1.47. The first-order valence-electron chi connectivity index (χ1n) is 6.39. The molecule has 1 aromatic rings. The summed E-state index contributed by atoms with van der Waals surface area (Å²) in [6, 6.07) is 3.85. The summed E-state index contributed by atoms with van der Waals surface area (Å²) < 4.78 is 27.5. The summed E-state index contributed by atoms with van der Waals surface area (Å²) in [5, 5.41) is 11.0. The number of benzene rings is 1. The normalized spacial score (nSPS) is 14.0. The maximum atomic E-state index is 12.3. The van der Waals surface area contributed by atoms with Crippen molar-refractivity contribution in [2.24, 2.45) is 11.3 Å². The van der Waals surface area contributed by atoms with E-state index in [-0.39, 0.29) is 22.8 Å². The summed E-state index contributed by atoms with van der Waals surface area (Å²) in [7, 11) is -3.94. The molecule has 1 unspecified atom stereocenters. The highest BCUT2D eigenvalue weighted by molar-refractivity contribution is 9.10. The van der Waals surface area contributed by atoms with Gasteiger partial charge in [-0.3, -0.25) is 10.1 Å². The van der Waals surface area contributed by atoms with Crippen LogP contribution in [0.1, 0.15) is 27.7 Å². The SMILES string of the molecule is CC(CNS(=O)(=O)c1cc(Br)ccc1[N+](=O)[O-])C(C)(C)C. The van der Waals surface area contributed by atoms with Gasteiger partial charge in [0.1, 0.15) is 0 Å². The topological polar surface area (TPSA) is 89.3 Å². The number of hydrogen-bond acceptors (Lipinski definition) is 4. The van der Waals surface area contributed by atoms with E-state index in [4.69, 9.17) is 0 Å². The Bertz CT molecular complexity index is 638. The van der Waals surface area contributed by atoms with Crippen LogP contribution in [0.15, 0.2) is 27.6 Å². The van der Waals surface area contributed by atoms with Crippen molar-refractivity contribution in [3.63, 3.8) is 0 Å². The van der Waals surface area contributed by atoms with Gasteiger partial charge in [0.2, 0.25) is 10.0 Å². The highest BCUT2D eigenvalue weighted by atomic mass is 79.9. The van der Waals surface area contributed by atoms with Crippen LogP contribution in [-0.4, -0.2) is 19.9 Å². The monoisotopic (exact) mass is 378 g/mol. The van der Waals surface area contributed by atoms with Gasteiger partial charge in [-0.05, 0) is 23.5 Å². The summed E-state index contributed by atoms with van der Waals surface area (Å²) in [6.45, 7) is 8.17. The Morgan fingerprint density at radius 2 is 1.95 bits per heavy atom. The number of nitrogens with one attached hydrogen (secondary N) is 1. The zero-order valence-electron chi connectivity index (χ0n) is 12.4. The molecule has 8 heteroatoms. The molecule has 0 heterocycles. The van der Waals surface area contributed by atoms with Crippen molar-refractivity contribution in [2.75, 3.05) is 6.54 Å². The van der Waals surface area contributed by atoms with Crippen LogP contribution >= 0.6 is 15.9 Å². The number of rotatable bonds is 5. The second-order valence-corrected chi connectivity index (χ2v) is 8.64. The molecule has 0 aliphatic carbocycles. The fourth-order valence-corrected chi connectivity index (χ4v) is 3.31. The van der Waals surface area contributed by atoms with E-state index in [2.05, 4.69) is 20.7 Å². The minimum atomic E-state index is -3.94. The molecule has 0 saturated carbocycles. The molecule has 0 aromatic heterocycles. The minimum Gasteiger partial charge on any atom is -0.258 e. The Morgan fingerprint density at radius 1 is 1.38 bits per heavy atom. The van der Waals surface area contributed by atoms with E-state index in [0.717, 1.165) is 0 Å². The molecule has 0 aliphatic rings. The van der Waals surface area contributed by atoms with Crippen LogP contribution in [0.4, 0.5) is 5.69 Å². The first-order valence-corrected chi connectivity index (χ1v) is 8.66. The molecule has 1 atom stereocenters. The van der Waals surface area contributed by atoms with Gasteiger partial charge < -0.3 is 0 Å². The van der Waals surface area contributed by atoms with Crippen molar-refractivity contribution in [1.29, 1.82) is 0 Å². The molecule has 1 aromatic carbocycles. The zero-order valence-corrected chi connectivity index (χ0v) is 14.8. The Kier molecular flexibility index (Phi) is 5.51. The number of sulfonamides is 1. The van der Waals surface area contributed by atoms with Crippen LogP contribution in [0.2, 0.25) is 0 Å². The van der Waals surface area contributed by atoms with E-state index in [1.54, 1.807) is 0 Å². The van der Waals surface area contributed by atoms with Crippen LogP contribution < -0.4 is 4.72 Å². The van der Waals surface area contributed by atoms with Gasteiger partial charge in [0, 0.05) is 17.1 Å². The van der Waals surface area contributed by atoms with Crippen LogP contribution in [-0.2, 0) is 10.0 Å². The van der Waals surface area contributed by atoms with Crippen molar-refractivity contribution in [3.8, 4) is 0 Å². The first-order chi connectivity index (χ1) is 9.45. The summed E-state index contributed by atoms with van der Waals surface area (Å²) in [6.07, 6.45) is 0. The first kappa shape index (κ1) is 18.1. The number of nitrogens with zero attached hydrogens (tertiary/aromatic N) is 1. The standard InChI is InChI=1S/C13H19BrN2O4S/c1-9(13(2,3)4)8-15-21(19,20)12-7-10(14)5-6-11(12)16(17)18/h5-7,9,15H,8H2,1-4H3. The van der Waals surface area contributed by atoms with Crippen LogP contribution in [0.25, 0.3) is 0 Å². The van der Waals surface area contributed by atoms with Crippen molar-refractivity contribution in [3.05, 3.63) is 32.8 Å². The van der Waals surface area contributed by atoms with Crippen molar-refractivity contribution >= 4 is 31.6 Å². The summed E-state index contributed by atoms with van der Waals surface area (Å²) in [4.78, 5) is 9.94. The molecule has 1 rings (SSSR count). The van der Waals surface area contributed by atoms with Crippen LogP contribution in [0, 0.1) is 21.4 Å². The predicted octanol–water partition coefficient (Wildman–Crippen LogP) is 3.32. The molecular formula is C13H19BrN2O4S. The number of nitro groups is 1. The average molecular weight is 379 g/mol. The van der Waals surface area contributed by atoms with E-state index >= 15 is 0 Å². The van der Waals surface area contributed by atoms with Gasteiger partial charge in [-0.15, -0.1) is 0 Å². The molecule has 21 heavy (non-hydrogen) atoms. The van der Waals surface area contributed by atoms with Crippen molar-refractivity contribution in [2.45, 2.75) is 32.6 Å². The molecular weight excluding hydrogens is 360 g/mol. The van der Waals surface area contributed by atoms with Crippen LogP contribution in [0.5, 0.6) is 0 Å². The van der Waals surface area contributed by atoms with Crippen LogP contribution in [0.3, 0.4) is 0 Å². The summed E-state index contributed by atoms with van der Waals surface area (Å²) in [5.41, 5.74) is -0.500. The predicted molar refractivity (Wildman–Crippen MR) is 84.6 cm³/mol. The Hall–Kier alpha value is -0.990. The highest BCUT2D eigenvalue weighted by Crippen LogP contribution is 2.28. The number of nitro benzene ring substituents is 1. The molecule has 118 valence electrons. The van der Waals surface area contributed by atoms with E-state index in [0.29, 0.717) is 4.47 Å². The third-order valence-electron chi connectivity index (χ3n) is 3.47. The smallest absolute Gasteiger partial charge is 0.258 e. The molecule has 0 saturated heterocycles. The number of hydrogen-bond donors (Lipinski definition) is 1. The quantitative estimate of drug-likeness (QED) is 0.628. The second-order valence-electron chi connectivity index (χ2n) is 5.99. The Morgan fingerprint density at radius 3 is 2.43 bits per heavy atom. The van der Waals surface area contributed by atoms with Gasteiger partial charge in [0.05, 0.1) is 4.92 Å². The third-order valence-corrected chi connectivity index (χ3v) is 5.41. The van der Waals surface area contributed by atoms with Gasteiger partial charge in [0.15, 0.2) is 4.90 Å². The maximum Gasteiger partial charge on any atom is 0.289 e. The lowest BCUT2D eigenvalue weighted by molar-refractivity contribution is -0.387. The molecule has 0 radical (unpaired) electrons. The van der Waals surface area contributed by atoms with Gasteiger partial charge in [0.25, 0.3) is 5.69 Å². The van der Waals surface area contributed by atoms with E-state index in [1.165, 1.54) is 18.2 Å². The average Bonchev–Trinajstić information content (AvgIpc) is 2.34. The lowest BCUT2D eigenvalue weighted by atomic mass is 9.82. The van der Waals surface area contributed by atoms with E-state index in [9.17, 15) is 18.5 Å². The lowest BCUT2D eigenvalue weighted by Crippen LogP contribution is -2.34. The molecule has 0 fully saturated rings. The molecule has 0 spiro atoms. The molecule has 0 bridgehead atoms. The largest absolute Gasteiger partial charge is 0.289 e. The minimum absolute atomic E-state index is 0.0638. The van der Waals surface area contributed by atoms with Gasteiger partial charge in [-0.25, -0.2) is 13.1 Å². The van der Waals surface area contributed by atoms with Gasteiger partial charge >= 0.3 is 0 Å². The van der Waals surface area contributed by atoms with Gasteiger partial charge in [-0.2, -0.15) is 0 Å². The number of halogens is 1. The Labute approximate surface area is 133 Å². The van der Waals surface area contributed by atoms with E-state index in [1.807, 2.05) is 27.7 Å². The molecule has 1 N–H and O–H groups in total. The lowest BCUT2D eigenvalue weighted by Gasteiger charge is -2.27. The second kappa shape index (κ2) is 6.41. The highest BCUT2D eigenvalue weighted by Gasteiger charge is 2.28. The van der Waals surface area contributed by atoms with E-state index < -0.39 is 20.6 Å². The maximum absolute atomic E-state index is 12.3. The Balaban J connectivity index is 3.09. The zero-order chi connectivity index (χ0) is 16.4. The molecule has 0 amide bonds. The van der Waals surface area contributed by atoms with Gasteiger partial charge in [-0.1, -0.05) is 43.6 Å².